The number of alkyl halides is 3. The topological polar surface area (TPSA) is 45.0 Å². The van der Waals surface area contributed by atoms with E-state index in [-0.39, 0.29) is 22.0 Å². The Morgan fingerprint density at radius 2 is 1.69 bits per heavy atom. The monoisotopic (exact) mass is 400 g/mol. The smallest absolute Gasteiger partial charge is 0.400 e. The van der Waals surface area contributed by atoms with Gasteiger partial charge in [0.05, 0.1) is 12.8 Å². The lowest BCUT2D eigenvalue weighted by Crippen LogP contribution is -2.43. The van der Waals surface area contributed by atoms with Gasteiger partial charge in [-0.05, 0) is 34.9 Å². The van der Waals surface area contributed by atoms with Gasteiger partial charge in [0, 0.05) is 22.2 Å². The van der Waals surface area contributed by atoms with Crippen molar-refractivity contribution in [2.45, 2.75) is 18.0 Å². The van der Waals surface area contributed by atoms with E-state index in [0.29, 0.717) is 16.8 Å². The van der Waals surface area contributed by atoms with Crippen LogP contribution in [0.15, 0.2) is 52.6 Å². The number of nitrogens with zero attached hydrogens (tertiary/aromatic N) is 2. The number of rotatable bonds is 3. The Hall–Kier alpha value is -2.05. The second kappa shape index (κ2) is 6.93. The molecule has 0 saturated carbocycles. The fourth-order valence-electron chi connectivity index (χ4n) is 3.03. The molecule has 0 fully saturated rings. The van der Waals surface area contributed by atoms with E-state index in [0.717, 1.165) is 0 Å². The normalized spacial score (nSPS) is 20.6. The van der Waals surface area contributed by atoms with Gasteiger partial charge in [0.1, 0.15) is 5.41 Å². The summed E-state index contributed by atoms with van der Waals surface area (Å²) in [4.78, 5) is 4.16. The summed E-state index contributed by atoms with van der Waals surface area (Å²) in [6, 6.07) is 10.6. The number of hydrogen-bond donors (Lipinski definition) is 1. The number of aliphatic imine (C=N–C) groups is 1. The van der Waals surface area contributed by atoms with Gasteiger partial charge >= 0.3 is 6.18 Å². The average Bonchev–Trinajstić information content (AvgIpc) is 3.01. The Kier molecular flexibility index (Phi) is 4.99. The molecule has 1 aliphatic heterocycles. The minimum Gasteiger partial charge on any atom is -0.411 e. The first-order valence-corrected chi connectivity index (χ1v) is 8.35. The molecule has 8 heteroatoms. The zero-order valence-corrected chi connectivity index (χ0v) is 14.8. The Balaban J connectivity index is 1.98. The molecule has 1 heterocycles. The molecule has 3 rings (SSSR count). The summed E-state index contributed by atoms with van der Waals surface area (Å²) in [5.74, 6) is 0. The predicted molar refractivity (Wildman–Crippen MR) is 96.0 cm³/mol. The summed E-state index contributed by atoms with van der Waals surface area (Å²) in [6.45, 7) is -0.428. The third kappa shape index (κ3) is 3.44. The molecule has 1 N–H and O–H groups in total. The molecule has 2 aromatic rings. The molecule has 1 atom stereocenters. The van der Waals surface area contributed by atoms with Crippen molar-refractivity contribution in [3.63, 3.8) is 0 Å². The van der Waals surface area contributed by atoms with Crippen LogP contribution in [0.1, 0.15) is 23.1 Å². The van der Waals surface area contributed by atoms with E-state index in [4.69, 9.17) is 28.4 Å². The molecule has 0 bridgehead atoms. The molecule has 26 heavy (non-hydrogen) atoms. The lowest BCUT2D eigenvalue weighted by molar-refractivity contribution is -0.183. The molecule has 0 spiro atoms. The van der Waals surface area contributed by atoms with Crippen molar-refractivity contribution in [2.24, 2.45) is 10.1 Å². The van der Waals surface area contributed by atoms with E-state index in [1.165, 1.54) is 24.4 Å². The summed E-state index contributed by atoms with van der Waals surface area (Å²) in [7, 11) is 0. The summed E-state index contributed by atoms with van der Waals surface area (Å²) < 4.78 is 42.0. The van der Waals surface area contributed by atoms with Crippen LogP contribution in [0.25, 0.3) is 0 Å². The van der Waals surface area contributed by atoms with Gasteiger partial charge in [-0.15, -0.1) is 0 Å². The third-order valence-corrected chi connectivity index (χ3v) is 4.85. The molecule has 0 amide bonds. The molecule has 136 valence electrons. The lowest BCUT2D eigenvalue weighted by atomic mass is 9.76. The predicted octanol–water partition coefficient (Wildman–Crippen LogP) is 5.49. The van der Waals surface area contributed by atoms with Crippen LogP contribution in [0.4, 0.5) is 13.2 Å². The van der Waals surface area contributed by atoms with E-state index in [9.17, 15) is 13.2 Å². The molecule has 1 aliphatic rings. The van der Waals surface area contributed by atoms with E-state index < -0.39 is 18.1 Å². The minimum atomic E-state index is -4.52. The molecular formula is C18H13Cl2F3N2O. The quantitative estimate of drug-likeness (QED) is 0.412. The molecule has 0 radical (unpaired) electrons. The highest BCUT2D eigenvalue weighted by Gasteiger charge is 2.58. The van der Waals surface area contributed by atoms with E-state index in [2.05, 4.69) is 10.1 Å². The minimum absolute atomic E-state index is 0.00489. The number of oxime groups is 1. The highest BCUT2D eigenvalue weighted by molar-refractivity contribution is 6.34. The van der Waals surface area contributed by atoms with Crippen molar-refractivity contribution < 1.29 is 18.4 Å². The molecular weight excluding hydrogens is 388 g/mol. The van der Waals surface area contributed by atoms with Gasteiger partial charge in [-0.25, -0.2) is 0 Å². The number of hydrogen-bond acceptors (Lipinski definition) is 3. The summed E-state index contributed by atoms with van der Waals surface area (Å²) in [6.07, 6.45) is -3.59. The molecule has 3 nitrogen and oxygen atoms in total. The first-order chi connectivity index (χ1) is 12.2. The zero-order chi connectivity index (χ0) is 18.9. The third-order valence-electron chi connectivity index (χ3n) is 4.42. The van der Waals surface area contributed by atoms with Gasteiger partial charge in [-0.2, -0.15) is 13.2 Å². The lowest BCUT2D eigenvalue weighted by Gasteiger charge is -2.31. The van der Waals surface area contributed by atoms with Crippen molar-refractivity contribution >= 4 is 35.1 Å². The Labute approximate surface area is 157 Å². The maximum absolute atomic E-state index is 14.0. The van der Waals surface area contributed by atoms with Gasteiger partial charge in [-0.1, -0.05) is 52.6 Å². The van der Waals surface area contributed by atoms with Gasteiger partial charge in [-0.3, -0.25) is 4.99 Å². The van der Waals surface area contributed by atoms with Gasteiger partial charge in [0.25, 0.3) is 0 Å². The SMILES string of the molecule is O/N=C/c1ccc(C2=NCC(c3cc(Cl)cc(Cl)c3)(C(F)(F)F)C2)cc1. The van der Waals surface area contributed by atoms with E-state index in [1.807, 2.05) is 0 Å². The fourth-order valence-corrected chi connectivity index (χ4v) is 3.55. The average molecular weight is 401 g/mol. The summed E-state index contributed by atoms with van der Waals surface area (Å²) in [5.41, 5.74) is -0.601. The Bertz CT molecular complexity index is 859. The molecule has 0 aliphatic carbocycles. The number of halogens is 5. The van der Waals surface area contributed by atoms with Crippen LogP contribution in [0, 0.1) is 0 Å². The van der Waals surface area contributed by atoms with Crippen LogP contribution in [-0.2, 0) is 5.41 Å². The first kappa shape index (κ1) is 18.7. The van der Waals surface area contributed by atoms with Crippen LogP contribution < -0.4 is 0 Å². The van der Waals surface area contributed by atoms with Crippen LogP contribution in [-0.4, -0.2) is 29.9 Å². The van der Waals surface area contributed by atoms with Crippen LogP contribution >= 0.6 is 23.2 Å². The molecule has 0 saturated heterocycles. The van der Waals surface area contributed by atoms with Crippen molar-refractivity contribution in [1.29, 1.82) is 0 Å². The number of benzene rings is 2. The van der Waals surface area contributed by atoms with Crippen molar-refractivity contribution in [3.05, 3.63) is 69.2 Å². The highest BCUT2D eigenvalue weighted by atomic mass is 35.5. The maximum atomic E-state index is 14.0. The van der Waals surface area contributed by atoms with Crippen LogP contribution in [0.2, 0.25) is 10.0 Å². The maximum Gasteiger partial charge on any atom is 0.400 e. The molecule has 0 aromatic heterocycles. The van der Waals surface area contributed by atoms with Crippen LogP contribution in [0.5, 0.6) is 0 Å². The summed E-state index contributed by atoms with van der Waals surface area (Å²) >= 11 is 11.8. The fraction of sp³-hybridized carbons (Fsp3) is 0.222. The van der Waals surface area contributed by atoms with E-state index >= 15 is 0 Å². The first-order valence-electron chi connectivity index (χ1n) is 7.60. The molecule has 2 aromatic carbocycles. The molecule has 1 unspecified atom stereocenters. The van der Waals surface area contributed by atoms with Gasteiger partial charge in [0.2, 0.25) is 0 Å². The highest BCUT2D eigenvalue weighted by Crippen LogP contribution is 2.48. The van der Waals surface area contributed by atoms with Crippen molar-refractivity contribution in [2.75, 3.05) is 6.54 Å². The Morgan fingerprint density at radius 3 is 2.23 bits per heavy atom. The van der Waals surface area contributed by atoms with Gasteiger partial charge < -0.3 is 5.21 Å². The van der Waals surface area contributed by atoms with Gasteiger partial charge in [0.15, 0.2) is 0 Å². The summed E-state index contributed by atoms with van der Waals surface area (Å²) in [5, 5.41) is 11.7. The van der Waals surface area contributed by atoms with Crippen LogP contribution in [0.3, 0.4) is 0 Å². The largest absolute Gasteiger partial charge is 0.411 e. The second-order valence-electron chi connectivity index (χ2n) is 6.04. The van der Waals surface area contributed by atoms with Crippen molar-refractivity contribution in [3.8, 4) is 0 Å². The standard InChI is InChI=1S/C18H13Cl2F3N2O/c19-14-5-13(6-15(20)7-14)17(18(21,22)23)8-16(24-10-17)12-3-1-11(2-4-12)9-25-26/h1-7,9,26H,8,10H2/b25-9+. The Morgan fingerprint density at radius 1 is 1.08 bits per heavy atom. The zero-order valence-electron chi connectivity index (χ0n) is 13.3. The second-order valence-corrected chi connectivity index (χ2v) is 6.92. The van der Waals surface area contributed by atoms with Crippen molar-refractivity contribution in [1.82, 2.24) is 0 Å². The van der Waals surface area contributed by atoms with E-state index in [1.54, 1.807) is 24.3 Å².